The van der Waals surface area contributed by atoms with Gasteiger partial charge in [0.25, 0.3) is 0 Å². The number of imide groups is 1. The Morgan fingerprint density at radius 1 is 0.959 bits per heavy atom. The number of nitrogens with one attached hydrogen (secondary N) is 1. The van der Waals surface area contributed by atoms with E-state index in [4.69, 9.17) is 14.6 Å². The summed E-state index contributed by atoms with van der Waals surface area (Å²) in [4.78, 5) is 54.8. The first kappa shape index (κ1) is 34.2. The highest BCUT2D eigenvalue weighted by molar-refractivity contribution is 8.00. The van der Waals surface area contributed by atoms with Crippen LogP contribution in [0.2, 0.25) is 0 Å². The van der Waals surface area contributed by atoms with E-state index in [0.29, 0.717) is 21.1 Å². The van der Waals surface area contributed by atoms with Crippen LogP contribution in [0.1, 0.15) is 21.9 Å². The van der Waals surface area contributed by atoms with Crippen LogP contribution >= 0.6 is 23.1 Å². The molecule has 3 unspecified atom stereocenters. The first-order valence-corrected chi connectivity index (χ1v) is 17.5. The molecule has 3 aromatic carbocycles. The van der Waals surface area contributed by atoms with Gasteiger partial charge < -0.3 is 14.8 Å². The third kappa shape index (κ3) is 6.20. The number of rotatable bonds is 8. The Kier molecular flexibility index (Phi) is 8.85. The highest BCUT2D eigenvalue weighted by Crippen LogP contribution is 2.55. The predicted molar refractivity (Wildman–Crippen MR) is 173 cm³/mol. The SMILES string of the molecule is COc1ccc(C2c3sc(=O)n(CC(=O)Nc4ccc(S(N)(=O)=O)cc4)c3SC3C(=O)N(c4ccccc4C(F)(F)F)C(=O)C32)cc1OC. The molecule has 1 aromatic heterocycles. The minimum Gasteiger partial charge on any atom is -0.493 e. The van der Waals surface area contributed by atoms with Gasteiger partial charge in [-0.2, -0.15) is 13.2 Å². The maximum atomic E-state index is 14.1. The fourth-order valence-corrected chi connectivity index (χ4v) is 9.17. The molecule has 0 bridgehead atoms. The van der Waals surface area contributed by atoms with Crippen molar-refractivity contribution in [1.82, 2.24) is 4.57 Å². The van der Waals surface area contributed by atoms with Crippen LogP contribution in [0.4, 0.5) is 24.5 Å². The number of halogens is 3. The third-order valence-electron chi connectivity index (χ3n) is 8.03. The van der Waals surface area contributed by atoms with Crippen LogP contribution in [-0.4, -0.2) is 50.2 Å². The van der Waals surface area contributed by atoms with Gasteiger partial charge in [0, 0.05) is 16.5 Å². The summed E-state index contributed by atoms with van der Waals surface area (Å²) >= 11 is 1.58. The largest absolute Gasteiger partial charge is 0.493 e. The molecule has 0 aliphatic carbocycles. The molecule has 2 aliphatic rings. The van der Waals surface area contributed by atoms with E-state index in [2.05, 4.69) is 5.32 Å². The molecule has 12 nitrogen and oxygen atoms in total. The molecular formula is C31H25F3N4O8S3. The summed E-state index contributed by atoms with van der Waals surface area (Å²) in [5.41, 5.74) is -1.14. The molecule has 3 amide bonds. The Morgan fingerprint density at radius 3 is 2.27 bits per heavy atom. The van der Waals surface area contributed by atoms with Crippen molar-refractivity contribution in [1.29, 1.82) is 0 Å². The van der Waals surface area contributed by atoms with Gasteiger partial charge in [-0.3, -0.25) is 23.7 Å². The number of anilines is 2. The number of thiazole rings is 1. The lowest BCUT2D eigenvalue weighted by Crippen LogP contribution is -2.33. The zero-order valence-corrected chi connectivity index (χ0v) is 27.8. The zero-order valence-electron chi connectivity index (χ0n) is 25.4. The fourth-order valence-electron chi connectivity index (χ4n) is 5.88. The molecule has 1 saturated heterocycles. The van der Waals surface area contributed by atoms with Gasteiger partial charge in [0.1, 0.15) is 11.8 Å². The van der Waals surface area contributed by atoms with E-state index < -0.39 is 73.7 Å². The topological polar surface area (TPSA) is 167 Å². The highest BCUT2D eigenvalue weighted by atomic mass is 32.2. The molecule has 0 radical (unpaired) electrons. The maximum absolute atomic E-state index is 14.1. The van der Waals surface area contributed by atoms with Crippen molar-refractivity contribution in [3.05, 3.63) is 92.4 Å². The fraction of sp³-hybridized carbons (Fsp3) is 0.226. The van der Waals surface area contributed by atoms with Crippen molar-refractivity contribution in [3.8, 4) is 11.5 Å². The number of primary sulfonamides is 1. The number of nitrogens with zero attached hydrogens (tertiary/aromatic N) is 2. The van der Waals surface area contributed by atoms with Gasteiger partial charge in [0.15, 0.2) is 11.5 Å². The van der Waals surface area contributed by atoms with Crippen LogP contribution in [-0.2, 0) is 37.1 Å². The molecule has 0 spiro atoms. The minimum absolute atomic E-state index is 0.177. The first-order valence-electron chi connectivity index (χ1n) is 14.2. The zero-order chi connectivity index (χ0) is 35.4. The quantitative estimate of drug-likeness (QED) is 0.254. The third-order valence-corrected chi connectivity index (χ3v) is 11.6. The second-order valence-electron chi connectivity index (χ2n) is 10.9. The van der Waals surface area contributed by atoms with E-state index in [1.165, 1.54) is 44.6 Å². The summed E-state index contributed by atoms with van der Waals surface area (Å²) in [7, 11) is -1.16. The van der Waals surface area contributed by atoms with Crippen molar-refractivity contribution in [2.24, 2.45) is 11.1 Å². The number of amides is 3. The van der Waals surface area contributed by atoms with Crippen molar-refractivity contribution in [2.75, 3.05) is 24.4 Å². The number of carbonyl (C=O) groups excluding carboxylic acids is 3. The lowest BCUT2D eigenvalue weighted by atomic mass is 9.83. The molecule has 0 saturated carbocycles. The molecule has 18 heteroatoms. The van der Waals surface area contributed by atoms with Crippen LogP contribution in [0.15, 0.2) is 81.4 Å². The van der Waals surface area contributed by atoms with Crippen LogP contribution in [0, 0.1) is 5.92 Å². The number of thioether (sulfide) groups is 1. The second kappa shape index (κ2) is 12.7. The smallest absolute Gasteiger partial charge is 0.418 e. The normalized spacial score (nSPS) is 19.0. The average Bonchev–Trinajstić information content (AvgIpc) is 3.49. The molecule has 3 heterocycles. The number of hydrogen-bond acceptors (Lipinski definition) is 10. The Morgan fingerprint density at radius 2 is 1.63 bits per heavy atom. The Hall–Kier alpha value is -4.65. The maximum Gasteiger partial charge on any atom is 0.418 e. The van der Waals surface area contributed by atoms with Crippen molar-refractivity contribution < 1.29 is 45.4 Å². The van der Waals surface area contributed by atoms with Gasteiger partial charge >= 0.3 is 11.0 Å². The van der Waals surface area contributed by atoms with Gasteiger partial charge in [-0.15, -0.1) is 0 Å². The molecule has 3 N–H and O–H groups in total. The molecule has 4 aromatic rings. The number of para-hydroxylation sites is 1. The number of methoxy groups -OCH3 is 2. The van der Waals surface area contributed by atoms with Crippen LogP contribution in [0.5, 0.6) is 11.5 Å². The highest BCUT2D eigenvalue weighted by Gasteiger charge is 2.58. The summed E-state index contributed by atoms with van der Waals surface area (Å²) in [5.74, 6) is -4.05. The van der Waals surface area contributed by atoms with E-state index >= 15 is 0 Å². The van der Waals surface area contributed by atoms with E-state index in [9.17, 15) is 40.8 Å². The Balaban J connectivity index is 1.43. The van der Waals surface area contributed by atoms with Crippen LogP contribution < -0.4 is 29.7 Å². The van der Waals surface area contributed by atoms with Gasteiger partial charge in [0.2, 0.25) is 27.7 Å². The standard InChI is InChI=1S/C31H25F3N4O8S3/c1-45-20-12-7-15(13-21(20)46-2)23-24-25(28(41)38(27(24)40)19-6-4-3-5-18(19)31(32,33)34)47-29-26(23)48-30(42)37(29)14-22(39)36-16-8-10-17(11-9-16)49(35,43)44/h3-13,23-25H,14H2,1-2H3,(H,36,39)(H2,35,43,44). The van der Waals surface area contributed by atoms with Crippen LogP contribution in [0.3, 0.4) is 0 Å². The molecule has 3 atom stereocenters. The Bertz CT molecular complexity index is 2170. The van der Waals surface area contributed by atoms with Gasteiger partial charge in [-0.05, 0) is 54.1 Å². The number of nitrogens with two attached hydrogens (primary N) is 1. The van der Waals surface area contributed by atoms with E-state index in [1.54, 1.807) is 18.2 Å². The number of alkyl halides is 3. The lowest BCUT2D eigenvalue weighted by Gasteiger charge is -2.31. The second-order valence-corrected chi connectivity index (χ2v) is 14.6. The van der Waals surface area contributed by atoms with Gasteiger partial charge in [-0.25, -0.2) is 18.5 Å². The Labute approximate surface area is 284 Å². The molecule has 49 heavy (non-hydrogen) atoms. The number of hydrogen-bond donors (Lipinski definition) is 2. The summed E-state index contributed by atoms with van der Waals surface area (Å²) in [6, 6.07) is 14.0. The van der Waals surface area contributed by atoms with E-state index in [-0.39, 0.29) is 21.4 Å². The summed E-state index contributed by atoms with van der Waals surface area (Å²) in [6.45, 7) is -0.534. The number of benzene rings is 3. The summed E-state index contributed by atoms with van der Waals surface area (Å²) < 4.78 is 77.2. The summed E-state index contributed by atoms with van der Waals surface area (Å²) in [5, 5.41) is 6.63. The molecule has 2 aliphatic heterocycles. The first-order chi connectivity index (χ1) is 23.1. The molecular weight excluding hydrogens is 710 g/mol. The number of aromatic nitrogens is 1. The predicted octanol–water partition coefficient (Wildman–Crippen LogP) is 4.03. The summed E-state index contributed by atoms with van der Waals surface area (Å²) in [6.07, 6.45) is -4.87. The number of carbonyl (C=O) groups is 3. The molecule has 256 valence electrons. The minimum atomic E-state index is -4.87. The average molecular weight is 735 g/mol. The lowest BCUT2D eigenvalue weighted by molar-refractivity contribution is -0.137. The van der Waals surface area contributed by atoms with E-state index in [0.717, 1.165) is 45.9 Å². The monoisotopic (exact) mass is 734 g/mol. The van der Waals surface area contributed by atoms with Crippen molar-refractivity contribution >= 4 is 62.2 Å². The van der Waals surface area contributed by atoms with Crippen molar-refractivity contribution in [3.63, 3.8) is 0 Å². The number of fused-ring (bicyclic) bond motifs is 2. The van der Waals surface area contributed by atoms with Gasteiger partial charge in [0.05, 0.1) is 41.3 Å². The number of sulfonamides is 1. The molecule has 1 fully saturated rings. The molecule has 6 rings (SSSR count). The van der Waals surface area contributed by atoms with E-state index in [1.807, 2.05) is 0 Å². The van der Waals surface area contributed by atoms with Crippen molar-refractivity contribution in [2.45, 2.75) is 33.8 Å². The number of ether oxygens (including phenoxy) is 2. The van der Waals surface area contributed by atoms with Gasteiger partial charge in [-0.1, -0.05) is 41.3 Å². The van der Waals surface area contributed by atoms with Crippen LogP contribution in [0.25, 0.3) is 0 Å².